The largest absolute Gasteiger partial charge is 0.496 e. The molecule has 5 aliphatic rings. The first kappa shape index (κ1) is 35.0. The highest BCUT2D eigenvalue weighted by molar-refractivity contribution is 7.15. The van der Waals surface area contributed by atoms with Crippen LogP contribution >= 0.6 is 11.3 Å². The molecule has 2 amide bonds. The van der Waals surface area contributed by atoms with Crippen molar-refractivity contribution in [3.05, 3.63) is 58.9 Å². The van der Waals surface area contributed by atoms with Crippen molar-refractivity contribution < 1.29 is 19.1 Å². The monoisotopic (exact) mass is 698 g/mol. The van der Waals surface area contributed by atoms with Gasteiger partial charge in [0, 0.05) is 43.9 Å². The number of anilines is 1. The summed E-state index contributed by atoms with van der Waals surface area (Å²) in [7, 11) is 1.74. The number of methoxy groups -OCH3 is 1. The van der Waals surface area contributed by atoms with E-state index < -0.39 is 0 Å². The van der Waals surface area contributed by atoms with Gasteiger partial charge in [-0.3, -0.25) is 9.69 Å². The molecule has 0 spiro atoms. The standard InChI is InChI=1S/C41H54N4O4S/c1-6-29-24-44(25-29)39(47)49-33-10-7-30(8-11-33)38(46)45(36-22-31(13-20-42-36)35-23-43-37(50-35)27(2)3)26-40-14-17-41(18-15-40,19-16-40)32-9-12-34(48-5)28(4)21-32/h9,12-13,20-23,27,29-30,33H,6-8,10-11,14-19,24-26H2,1-5H3. The lowest BCUT2D eigenvalue weighted by molar-refractivity contribution is -0.124. The normalized spacial score (nSPS) is 26.5. The van der Waals surface area contributed by atoms with Crippen LogP contribution in [-0.2, 0) is 14.9 Å². The fourth-order valence-corrected chi connectivity index (χ4v) is 9.92. The minimum absolute atomic E-state index is 0.0756. The molecule has 0 radical (unpaired) electrons. The van der Waals surface area contributed by atoms with Gasteiger partial charge in [0.1, 0.15) is 17.7 Å². The number of rotatable bonds is 10. The van der Waals surface area contributed by atoms with E-state index in [1.54, 1.807) is 18.4 Å². The van der Waals surface area contributed by atoms with Crippen LogP contribution in [0.4, 0.5) is 10.6 Å². The maximum absolute atomic E-state index is 14.7. The van der Waals surface area contributed by atoms with Gasteiger partial charge in [-0.05, 0) is 129 Å². The van der Waals surface area contributed by atoms with E-state index in [9.17, 15) is 9.59 Å². The minimum Gasteiger partial charge on any atom is -0.496 e. The summed E-state index contributed by atoms with van der Waals surface area (Å²) in [5.41, 5.74) is 3.97. The summed E-state index contributed by atoms with van der Waals surface area (Å²) >= 11 is 1.72. The molecule has 5 fully saturated rings. The Morgan fingerprint density at radius 2 is 1.72 bits per heavy atom. The molecule has 3 aromatic rings. The fourth-order valence-electron chi connectivity index (χ4n) is 9.00. The van der Waals surface area contributed by atoms with E-state index in [4.69, 9.17) is 14.5 Å². The molecule has 2 bridgehead atoms. The smallest absolute Gasteiger partial charge is 0.410 e. The number of fused-ring (bicyclic) bond motifs is 3. The van der Waals surface area contributed by atoms with Gasteiger partial charge in [0.2, 0.25) is 5.91 Å². The highest BCUT2D eigenvalue weighted by atomic mass is 32.1. The maximum atomic E-state index is 14.7. The Bertz CT molecular complexity index is 1660. The number of thiazole rings is 1. The number of nitrogens with zero attached hydrogens (tertiary/aromatic N) is 4. The predicted molar refractivity (Wildman–Crippen MR) is 199 cm³/mol. The second-order valence-corrected chi connectivity index (χ2v) is 17.1. The second kappa shape index (κ2) is 14.3. The number of ether oxygens (including phenoxy) is 2. The lowest BCUT2D eigenvalue weighted by Gasteiger charge is -2.55. The quantitative estimate of drug-likeness (QED) is 0.210. The van der Waals surface area contributed by atoms with E-state index in [1.807, 2.05) is 28.3 Å². The summed E-state index contributed by atoms with van der Waals surface area (Å²) in [5.74, 6) is 2.71. The molecule has 2 aromatic heterocycles. The molecule has 4 saturated carbocycles. The number of hydrogen-bond acceptors (Lipinski definition) is 7. The summed E-state index contributed by atoms with van der Waals surface area (Å²) in [5, 5.41) is 1.11. The van der Waals surface area contributed by atoms with Crippen LogP contribution in [0.15, 0.2) is 42.7 Å². The zero-order chi connectivity index (χ0) is 35.0. The Kier molecular flexibility index (Phi) is 9.99. The van der Waals surface area contributed by atoms with Gasteiger partial charge in [0.25, 0.3) is 0 Å². The van der Waals surface area contributed by atoms with Crippen LogP contribution in [0.2, 0.25) is 0 Å². The number of amides is 2. The van der Waals surface area contributed by atoms with Crippen LogP contribution in [0.3, 0.4) is 0 Å². The molecular formula is C41H54N4O4S. The van der Waals surface area contributed by atoms with Crippen LogP contribution in [-0.4, -0.2) is 59.7 Å². The Morgan fingerprint density at radius 3 is 2.34 bits per heavy atom. The molecule has 0 unspecified atom stereocenters. The molecule has 1 aromatic carbocycles. The first-order chi connectivity index (χ1) is 24.1. The van der Waals surface area contributed by atoms with Gasteiger partial charge in [-0.15, -0.1) is 11.3 Å². The number of pyridine rings is 1. The van der Waals surface area contributed by atoms with Crippen molar-refractivity contribution in [2.75, 3.05) is 31.6 Å². The van der Waals surface area contributed by atoms with Crippen LogP contribution in [0, 0.1) is 24.2 Å². The molecule has 0 N–H and O–H groups in total. The fraction of sp³-hybridized carbons (Fsp3) is 0.610. The summed E-state index contributed by atoms with van der Waals surface area (Å²) < 4.78 is 11.5. The molecule has 1 aliphatic heterocycles. The van der Waals surface area contributed by atoms with Gasteiger partial charge in [0.15, 0.2) is 0 Å². The molecule has 1 saturated heterocycles. The van der Waals surface area contributed by atoms with E-state index in [1.165, 1.54) is 11.1 Å². The van der Waals surface area contributed by atoms with Gasteiger partial charge < -0.3 is 14.4 Å². The number of benzene rings is 1. The van der Waals surface area contributed by atoms with E-state index in [0.717, 1.165) is 111 Å². The van der Waals surface area contributed by atoms with Gasteiger partial charge in [-0.25, -0.2) is 14.8 Å². The third-order valence-corrected chi connectivity index (χ3v) is 13.9. The van der Waals surface area contributed by atoms with Crippen LogP contribution in [0.1, 0.15) is 113 Å². The van der Waals surface area contributed by atoms with Crippen molar-refractivity contribution in [3.63, 3.8) is 0 Å². The molecule has 4 aliphatic carbocycles. The van der Waals surface area contributed by atoms with E-state index >= 15 is 0 Å². The van der Waals surface area contributed by atoms with Crippen molar-refractivity contribution in [1.29, 1.82) is 0 Å². The zero-order valence-corrected chi connectivity index (χ0v) is 31.4. The van der Waals surface area contributed by atoms with Gasteiger partial charge in [-0.1, -0.05) is 32.9 Å². The molecule has 50 heavy (non-hydrogen) atoms. The highest BCUT2D eigenvalue weighted by Gasteiger charge is 2.51. The highest BCUT2D eigenvalue weighted by Crippen LogP contribution is 2.58. The van der Waals surface area contributed by atoms with Crippen molar-refractivity contribution in [3.8, 4) is 16.2 Å². The van der Waals surface area contributed by atoms with Crippen molar-refractivity contribution in [1.82, 2.24) is 14.9 Å². The third kappa shape index (κ3) is 6.91. The first-order valence-corrected chi connectivity index (χ1v) is 19.8. The molecule has 9 heteroatoms. The predicted octanol–water partition coefficient (Wildman–Crippen LogP) is 9.31. The van der Waals surface area contributed by atoms with Gasteiger partial charge in [0.05, 0.1) is 17.0 Å². The summed E-state index contributed by atoms with van der Waals surface area (Å²) in [4.78, 5) is 41.9. The van der Waals surface area contributed by atoms with Crippen LogP contribution in [0.5, 0.6) is 5.75 Å². The molecule has 8 rings (SSSR count). The summed E-state index contributed by atoms with van der Waals surface area (Å²) in [6.07, 6.45) is 14.2. The molecule has 8 nitrogen and oxygen atoms in total. The Labute approximate surface area is 302 Å². The van der Waals surface area contributed by atoms with E-state index in [0.29, 0.717) is 18.4 Å². The number of carbonyl (C=O) groups is 2. The first-order valence-electron chi connectivity index (χ1n) is 18.9. The Hall–Kier alpha value is -3.46. The lowest BCUT2D eigenvalue weighted by atomic mass is 9.51. The minimum atomic E-state index is -0.189. The number of hydrogen-bond donors (Lipinski definition) is 0. The average molecular weight is 699 g/mol. The summed E-state index contributed by atoms with van der Waals surface area (Å²) in [6.45, 7) is 10.9. The molecule has 268 valence electrons. The van der Waals surface area contributed by atoms with Crippen molar-refractivity contribution >= 4 is 29.2 Å². The average Bonchev–Trinajstić information content (AvgIpc) is 3.62. The third-order valence-electron chi connectivity index (χ3n) is 12.6. The lowest BCUT2D eigenvalue weighted by Crippen LogP contribution is -2.52. The van der Waals surface area contributed by atoms with Crippen molar-refractivity contribution in [2.45, 2.75) is 116 Å². The van der Waals surface area contributed by atoms with E-state index in [2.05, 4.69) is 56.9 Å². The van der Waals surface area contributed by atoms with Crippen molar-refractivity contribution in [2.24, 2.45) is 17.3 Å². The molecule has 0 atom stereocenters. The molecular weight excluding hydrogens is 645 g/mol. The number of carbonyl (C=O) groups excluding carboxylic acids is 2. The van der Waals surface area contributed by atoms with Crippen LogP contribution in [0.25, 0.3) is 10.4 Å². The molecule has 3 heterocycles. The zero-order valence-electron chi connectivity index (χ0n) is 30.6. The maximum Gasteiger partial charge on any atom is 0.410 e. The second-order valence-electron chi connectivity index (χ2n) is 16.0. The Balaban J connectivity index is 1.08. The summed E-state index contributed by atoms with van der Waals surface area (Å²) in [6, 6.07) is 10.9. The van der Waals surface area contributed by atoms with Crippen LogP contribution < -0.4 is 9.64 Å². The van der Waals surface area contributed by atoms with E-state index in [-0.39, 0.29) is 34.9 Å². The van der Waals surface area contributed by atoms with Gasteiger partial charge >= 0.3 is 6.09 Å². The number of aromatic nitrogens is 2. The topological polar surface area (TPSA) is 84.9 Å². The van der Waals surface area contributed by atoms with Gasteiger partial charge in [-0.2, -0.15) is 0 Å². The number of likely N-dealkylation sites (tertiary alicyclic amines) is 1. The number of aryl methyl sites for hydroxylation is 1. The Morgan fingerprint density at radius 1 is 1.00 bits per heavy atom. The SMILES string of the molecule is CCC1CN(C(=O)OC2CCC(C(=O)N(CC34CCC(c5ccc(OC)c(C)c5)(CC3)CC4)c3cc(-c4cnc(C(C)C)s4)ccn3)CC2)C1.